The van der Waals surface area contributed by atoms with Crippen molar-refractivity contribution < 1.29 is 9.50 Å². The monoisotopic (exact) mass is 242 g/mol. The second kappa shape index (κ2) is 3.83. The third-order valence-corrected chi connectivity index (χ3v) is 3.32. The predicted molar refractivity (Wildman–Crippen MR) is 61.1 cm³/mol. The molecule has 0 bridgehead atoms. The smallest absolute Gasteiger partial charge is 0.145 e. The van der Waals surface area contributed by atoms with Gasteiger partial charge in [-0.2, -0.15) is 0 Å². The van der Waals surface area contributed by atoms with E-state index in [0.717, 1.165) is 16.5 Å². The Balaban J connectivity index is 2.64. The summed E-state index contributed by atoms with van der Waals surface area (Å²) in [6.45, 7) is 1.94. The first-order valence-corrected chi connectivity index (χ1v) is 5.58. The van der Waals surface area contributed by atoms with Crippen LogP contribution in [0.3, 0.4) is 0 Å². The highest BCUT2D eigenvalue weighted by atomic mass is 35.5. The largest absolute Gasteiger partial charge is 0.507 e. The maximum atomic E-state index is 13.0. The molecular formula is C11H8ClFOS. The van der Waals surface area contributed by atoms with E-state index in [1.54, 1.807) is 11.3 Å². The van der Waals surface area contributed by atoms with Crippen LogP contribution in [0.25, 0.3) is 11.1 Å². The Hall–Kier alpha value is -1.06. The van der Waals surface area contributed by atoms with Crippen LogP contribution < -0.4 is 0 Å². The normalized spacial score (nSPS) is 10.6. The van der Waals surface area contributed by atoms with Gasteiger partial charge in [-0.05, 0) is 30.0 Å². The maximum Gasteiger partial charge on any atom is 0.145 e. The summed E-state index contributed by atoms with van der Waals surface area (Å²) in [6, 6.07) is 4.36. The quantitative estimate of drug-likeness (QED) is 0.794. The molecule has 0 amide bonds. The highest BCUT2D eigenvalue weighted by molar-refractivity contribution is 7.10. The van der Waals surface area contributed by atoms with E-state index < -0.39 is 5.82 Å². The van der Waals surface area contributed by atoms with Crippen LogP contribution in [0.5, 0.6) is 5.75 Å². The highest BCUT2D eigenvalue weighted by Gasteiger charge is 2.11. The van der Waals surface area contributed by atoms with Crippen LogP contribution in [0.1, 0.15) is 4.88 Å². The van der Waals surface area contributed by atoms with E-state index in [-0.39, 0.29) is 10.8 Å². The summed E-state index contributed by atoms with van der Waals surface area (Å²) in [7, 11) is 0. The van der Waals surface area contributed by atoms with Crippen LogP contribution in [-0.2, 0) is 0 Å². The van der Waals surface area contributed by atoms with E-state index in [2.05, 4.69) is 0 Å². The van der Waals surface area contributed by atoms with Gasteiger partial charge in [0.2, 0.25) is 0 Å². The van der Waals surface area contributed by atoms with Crippen molar-refractivity contribution in [3.8, 4) is 16.9 Å². The van der Waals surface area contributed by atoms with Crippen LogP contribution in [0.15, 0.2) is 23.6 Å². The van der Waals surface area contributed by atoms with Gasteiger partial charge in [-0.1, -0.05) is 11.6 Å². The van der Waals surface area contributed by atoms with Gasteiger partial charge in [0.25, 0.3) is 0 Å². The number of hydrogen-bond donors (Lipinski definition) is 1. The number of aromatic hydroxyl groups is 1. The van der Waals surface area contributed by atoms with Crippen molar-refractivity contribution in [2.75, 3.05) is 0 Å². The lowest BCUT2D eigenvalue weighted by Crippen LogP contribution is -1.83. The molecule has 0 aliphatic carbocycles. The van der Waals surface area contributed by atoms with Crippen molar-refractivity contribution in [2.24, 2.45) is 0 Å². The van der Waals surface area contributed by atoms with Gasteiger partial charge in [-0.15, -0.1) is 11.3 Å². The molecule has 1 N–H and O–H groups in total. The molecule has 0 aliphatic heterocycles. The van der Waals surface area contributed by atoms with Gasteiger partial charge >= 0.3 is 0 Å². The third-order valence-electron chi connectivity index (χ3n) is 2.19. The number of benzene rings is 1. The number of rotatable bonds is 1. The van der Waals surface area contributed by atoms with E-state index >= 15 is 0 Å². The lowest BCUT2D eigenvalue weighted by molar-refractivity contribution is 0.471. The summed E-state index contributed by atoms with van der Waals surface area (Å²) in [4.78, 5) is 1.06. The molecule has 0 saturated heterocycles. The molecule has 0 fully saturated rings. The average Bonchev–Trinajstić information content (AvgIpc) is 2.58. The summed E-state index contributed by atoms with van der Waals surface area (Å²) >= 11 is 7.24. The zero-order valence-electron chi connectivity index (χ0n) is 7.92. The van der Waals surface area contributed by atoms with Crippen LogP contribution in [-0.4, -0.2) is 5.11 Å². The molecule has 0 atom stereocenters. The van der Waals surface area contributed by atoms with Crippen molar-refractivity contribution >= 4 is 22.9 Å². The Morgan fingerprint density at radius 3 is 2.67 bits per heavy atom. The molecule has 1 aromatic carbocycles. The summed E-state index contributed by atoms with van der Waals surface area (Å²) < 4.78 is 13.0. The number of phenols is 1. The molecule has 0 aliphatic rings. The second-order valence-corrected chi connectivity index (χ2v) is 4.70. The molecule has 78 valence electrons. The Kier molecular flexibility index (Phi) is 2.67. The standard InChI is InChI=1S/C11H8ClFOS/c1-6-7(2-3-15-6)8-4-9(12)10(13)5-11(8)14/h2-5,14H,1H3. The summed E-state index contributed by atoms with van der Waals surface area (Å²) in [5, 5.41) is 11.6. The predicted octanol–water partition coefficient (Wildman–Crippen LogP) is 4.22. The third kappa shape index (κ3) is 1.85. The number of hydrogen-bond acceptors (Lipinski definition) is 2. The minimum atomic E-state index is -0.606. The summed E-state index contributed by atoms with van der Waals surface area (Å²) in [6.07, 6.45) is 0. The Bertz CT molecular complexity index is 507. The minimum absolute atomic E-state index is 0.0217. The molecule has 15 heavy (non-hydrogen) atoms. The fourth-order valence-corrected chi connectivity index (χ4v) is 2.29. The molecule has 0 unspecified atom stereocenters. The van der Waals surface area contributed by atoms with Crippen molar-refractivity contribution in [1.29, 1.82) is 0 Å². The first kappa shape index (κ1) is 10.5. The summed E-state index contributed by atoms with van der Waals surface area (Å²) in [5.41, 5.74) is 1.46. The van der Waals surface area contributed by atoms with E-state index in [9.17, 15) is 9.50 Å². The minimum Gasteiger partial charge on any atom is -0.507 e. The molecule has 0 saturated carbocycles. The topological polar surface area (TPSA) is 20.2 Å². The Morgan fingerprint density at radius 2 is 2.07 bits per heavy atom. The van der Waals surface area contributed by atoms with Gasteiger partial charge in [0.15, 0.2) is 0 Å². The van der Waals surface area contributed by atoms with Gasteiger partial charge < -0.3 is 5.11 Å². The van der Waals surface area contributed by atoms with E-state index in [4.69, 9.17) is 11.6 Å². The van der Waals surface area contributed by atoms with Crippen molar-refractivity contribution in [3.63, 3.8) is 0 Å². The van der Waals surface area contributed by atoms with Gasteiger partial charge in [-0.25, -0.2) is 4.39 Å². The van der Waals surface area contributed by atoms with Crippen molar-refractivity contribution in [2.45, 2.75) is 6.92 Å². The lowest BCUT2D eigenvalue weighted by atomic mass is 10.1. The van der Waals surface area contributed by atoms with E-state index in [0.29, 0.717) is 5.56 Å². The molecule has 1 nitrogen and oxygen atoms in total. The molecule has 2 rings (SSSR count). The molecule has 1 aromatic heterocycles. The molecule has 2 aromatic rings. The zero-order valence-corrected chi connectivity index (χ0v) is 9.49. The molecular weight excluding hydrogens is 235 g/mol. The first-order valence-electron chi connectivity index (χ1n) is 4.32. The van der Waals surface area contributed by atoms with Crippen LogP contribution in [0.4, 0.5) is 4.39 Å². The van der Waals surface area contributed by atoms with Crippen LogP contribution in [0.2, 0.25) is 5.02 Å². The van der Waals surface area contributed by atoms with E-state index in [1.807, 2.05) is 18.4 Å². The Morgan fingerprint density at radius 1 is 1.33 bits per heavy atom. The average molecular weight is 243 g/mol. The molecule has 0 radical (unpaired) electrons. The number of thiophene rings is 1. The van der Waals surface area contributed by atoms with Crippen molar-refractivity contribution in [1.82, 2.24) is 0 Å². The van der Waals surface area contributed by atoms with Crippen molar-refractivity contribution in [3.05, 3.63) is 39.3 Å². The van der Waals surface area contributed by atoms with Gasteiger partial charge in [0, 0.05) is 16.5 Å². The van der Waals surface area contributed by atoms with Gasteiger partial charge in [-0.3, -0.25) is 0 Å². The van der Waals surface area contributed by atoms with E-state index in [1.165, 1.54) is 6.07 Å². The molecule has 0 spiro atoms. The zero-order chi connectivity index (χ0) is 11.0. The van der Waals surface area contributed by atoms with Crippen LogP contribution in [0, 0.1) is 12.7 Å². The maximum absolute atomic E-state index is 13.0. The van der Waals surface area contributed by atoms with Crippen LogP contribution >= 0.6 is 22.9 Å². The Labute approximate surface area is 95.8 Å². The number of halogens is 2. The first-order chi connectivity index (χ1) is 7.09. The number of phenolic OH excluding ortho intramolecular Hbond substituents is 1. The second-order valence-electron chi connectivity index (χ2n) is 3.17. The molecule has 1 heterocycles. The fourth-order valence-electron chi connectivity index (χ4n) is 1.42. The highest BCUT2D eigenvalue weighted by Crippen LogP contribution is 2.36. The lowest BCUT2D eigenvalue weighted by Gasteiger charge is -2.05. The fraction of sp³-hybridized carbons (Fsp3) is 0.0909. The van der Waals surface area contributed by atoms with Gasteiger partial charge in [0.1, 0.15) is 11.6 Å². The van der Waals surface area contributed by atoms with Gasteiger partial charge in [0.05, 0.1) is 5.02 Å². The number of aryl methyl sites for hydroxylation is 1. The molecule has 4 heteroatoms. The summed E-state index contributed by atoms with van der Waals surface area (Å²) in [5.74, 6) is -0.691. The SMILES string of the molecule is Cc1sccc1-c1cc(Cl)c(F)cc1O.